The van der Waals surface area contributed by atoms with Crippen molar-refractivity contribution in [2.24, 2.45) is 0 Å². The van der Waals surface area contributed by atoms with Crippen molar-refractivity contribution in [2.75, 3.05) is 6.54 Å². The molecule has 0 unspecified atom stereocenters. The molecule has 58 valence electrons. The van der Waals surface area contributed by atoms with Crippen LogP contribution >= 0.6 is 0 Å². The first-order chi connectivity index (χ1) is 4.27. The van der Waals surface area contributed by atoms with Crippen LogP contribution < -0.4 is 5.32 Å². The summed E-state index contributed by atoms with van der Waals surface area (Å²) < 4.78 is 0. The zero-order chi connectivity index (χ0) is 7.70. The summed E-state index contributed by atoms with van der Waals surface area (Å²) in [6.07, 6.45) is 1.23. The van der Waals surface area contributed by atoms with Crippen LogP contribution in [0.15, 0.2) is 0 Å². The molecular weight excluding hydrogens is 110 g/mol. The lowest BCUT2D eigenvalue weighted by molar-refractivity contribution is 0.584. The van der Waals surface area contributed by atoms with Crippen molar-refractivity contribution in [3.63, 3.8) is 0 Å². The van der Waals surface area contributed by atoms with Gasteiger partial charge in [-0.2, -0.15) is 0 Å². The highest BCUT2D eigenvalue weighted by Gasteiger charge is 1.85. The molecule has 0 spiro atoms. The predicted molar refractivity (Wildman–Crippen MR) is 44.8 cm³/mol. The summed E-state index contributed by atoms with van der Waals surface area (Å²) in [4.78, 5) is 0. The van der Waals surface area contributed by atoms with Crippen LogP contribution in [-0.2, 0) is 0 Å². The fraction of sp³-hybridized carbons (Fsp3) is 1.00. The molecule has 1 heteroatoms. The van der Waals surface area contributed by atoms with E-state index in [4.69, 9.17) is 0 Å². The normalized spacial score (nSPS) is 8.67. The Morgan fingerprint density at radius 1 is 1.22 bits per heavy atom. The first-order valence-electron chi connectivity index (χ1n) is 4.00. The summed E-state index contributed by atoms with van der Waals surface area (Å²) in [6.45, 7) is 11.7. The molecule has 0 aliphatic heterocycles. The average Bonchev–Trinajstić information content (AvgIpc) is 1.88. The molecule has 0 amide bonds. The highest BCUT2D eigenvalue weighted by Crippen LogP contribution is 1.76. The van der Waals surface area contributed by atoms with Gasteiger partial charge in [-0.3, -0.25) is 0 Å². The molecule has 0 fully saturated rings. The molecule has 0 aliphatic rings. The van der Waals surface area contributed by atoms with E-state index in [1.165, 1.54) is 6.42 Å². The number of rotatable bonds is 3. The van der Waals surface area contributed by atoms with Gasteiger partial charge in [-0.05, 0) is 13.0 Å². The van der Waals surface area contributed by atoms with Crippen LogP contribution in [0.3, 0.4) is 0 Å². The van der Waals surface area contributed by atoms with E-state index in [0.717, 1.165) is 6.54 Å². The molecule has 9 heavy (non-hydrogen) atoms. The number of hydrogen-bond acceptors (Lipinski definition) is 1. The first-order valence-corrected chi connectivity index (χ1v) is 4.00. The Bertz CT molecular complexity index is 33.5. The van der Waals surface area contributed by atoms with E-state index < -0.39 is 0 Å². The first kappa shape index (κ1) is 11.7. The van der Waals surface area contributed by atoms with Crippen LogP contribution in [0.4, 0.5) is 0 Å². The molecule has 0 atom stereocenters. The molecule has 0 saturated carbocycles. The van der Waals surface area contributed by atoms with E-state index in [2.05, 4.69) is 26.1 Å². The Morgan fingerprint density at radius 3 is 1.78 bits per heavy atom. The van der Waals surface area contributed by atoms with Crippen molar-refractivity contribution < 1.29 is 0 Å². The highest BCUT2D eigenvalue weighted by molar-refractivity contribution is 4.48. The highest BCUT2D eigenvalue weighted by atomic mass is 14.9. The smallest absolute Gasteiger partial charge is 0.00103 e. The van der Waals surface area contributed by atoms with Gasteiger partial charge in [-0.25, -0.2) is 0 Å². The van der Waals surface area contributed by atoms with E-state index in [-0.39, 0.29) is 0 Å². The Balaban J connectivity index is 0. The van der Waals surface area contributed by atoms with Crippen LogP contribution in [0, 0.1) is 0 Å². The SMILES string of the molecule is CC.CCCNC(C)C. The minimum Gasteiger partial charge on any atom is -0.315 e. The van der Waals surface area contributed by atoms with Gasteiger partial charge in [0.1, 0.15) is 0 Å². The molecule has 0 aromatic heterocycles. The standard InChI is InChI=1S/C6H15N.C2H6/c1-4-5-7-6(2)3;1-2/h6-7H,4-5H2,1-3H3;1-2H3. The molecule has 0 bridgehead atoms. The number of nitrogens with one attached hydrogen (secondary N) is 1. The maximum atomic E-state index is 3.30. The quantitative estimate of drug-likeness (QED) is 0.620. The summed E-state index contributed by atoms with van der Waals surface area (Å²) in [5.41, 5.74) is 0. The lowest BCUT2D eigenvalue weighted by atomic mass is 10.4. The monoisotopic (exact) mass is 131 g/mol. The molecule has 0 rings (SSSR count). The minimum atomic E-state index is 0.653. The van der Waals surface area contributed by atoms with Crippen LogP contribution in [0.25, 0.3) is 0 Å². The van der Waals surface area contributed by atoms with Gasteiger partial charge < -0.3 is 5.32 Å². The summed E-state index contributed by atoms with van der Waals surface area (Å²) in [7, 11) is 0. The van der Waals surface area contributed by atoms with Crippen LogP contribution in [-0.4, -0.2) is 12.6 Å². The largest absolute Gasteiger partial charge is 0.315 e. The molecule has 1 nitrogen and oxygen atoms in total. The molecule has 0 aromatic carbocycles. The van der Waals surface area contributed by atoms with E-state index in [1.807, 2.05) is 13.8 Å². The molecule has 0 radical (unpaired) electrons. The Kier molecular flexibility index (Phi) is 14.1. The molecule has 0 saturated heterocycles. The second kappa shape index (κ2) is 10.9. The third-order valence-electron chi connectivity index (χ3n) is 0.803. The summed E-state index contributed by atoms with van der Waals surface area (Å²) in [5.74, 6) is 0. The van der Waals surface area contributed by atoms with E-state index in [1.54, 1.807) is 0 Å². The second-order valence-corrected chi connectivity index (χ2v) is 2.11. The van der Waals surface area contributed by atoms with E-state index in [0.29, 0.717) is 6.04 Å². The van der Waals surface area contributed by atoms with Crippen molar-refractivity contribution in [2.45, 2.75) is 47.1 Å². The third-order valence-corrected chi connectivity index (χ3v) is 0.803. The Hall–Kier alpha value is -0.0400. The van der Waals surface area contributed by atoms with Crippen molar-refractivity contribution in [3.05, 3.63) is 0 Å². The lowest BCUT2D eigenvalue weighted by Crippen LogP contribution is -2.22. The van der Waals surface area contributed by atoms with Gasteiger partial charge in [0.15, 0.2) is 0 Å². The van der Waals surface area contributed by atoms with Gasteiger partial charge in [0.2, 0.25) is 0 Å². The zero-order valence-electron chi connectivity index (χ0n) is 7.49. The van der Waals surface area contributed by atoms with E-state index >= 15 is 0 Å². The molecule has 0 aromatic rings. The molecular formula is C8H21N. The average molecular weight is 131 g/mol. The van der Waals surface area contributed by atoms with E-state index in [9.17, 15) is 0 Å². The van der Waals surface area contributed by atoms with Crippen LogP contribution in [0.1, 0.15) is 41.0 Å². The second-order valence-electron chi connectivity index (χ2n) is 2.11. The van der Waals surface area contributed by atoms with Gasteiger partial charge >= 0.3 is 0 Å². The van der Waals surface area contributed by atoms with Crippen molar-refractivity contribution in [3.8, 4) is 0 Å². The third kappa shape index (κ3) is 18.0. The fourth-order valence-electron chi connectivity index (χ4n) is 0.433. The topological polar surface area (TPSA) is 12.0 Å². The Morgan fingerprint density at radius 2 is 1.67 bits per heavy atom. The van der Waals surface area contributed by atoms with Crippen LogP contribution in [0.2, 0.25) is 0 Å². The van der Waals surface area contributed by atoms with Gasteiger partial charge in [0.05, 0.1) is 0 Å². The molecule has 0 heterocycles. The number of hydrogen-bond donors (Lipinski definition) is 1. The predicted octanol–water partition coefficient (Wildman–Crippen LogP) is 2.42. The summed E-state index contributed by atoms with van der Waals surface area (Å²) >= 11 is 0. The van der Waals surface area contributed by atoms with Crippen molar-refractivity contribution >= 4 is 0 Å². The maximum absolute atomic E-state index is 3.30. The van der Waals surface area contributed by atoms with Crippen molar-refractivity contribution in [1.29, 1.82) is 0 Å². The van der Waals surface area contributed by atoms with Crippen molar-refractivity contribution in [1.82, 2.24) is 5.32 Å². The molecule has 0 aliphatic carbocycles. The van der Waals surface area contributed by atoms with Gasteiger partial charge in [-0.1, -0.05) is 34.6 Å². The summed E-state index contributed by atoms with van der Waals surface area (Å²) in [6, 6.07) is 0.653. The van der Waals surface area contributed by atoms with Gasteiger partial charge in [-0.15, -0.1) is 0 Å². The maximum Gasteiger partial charge on any atom is 0.00103 e. The minimum absolute atomic E-state index is 0.653. The van der Waals surface area contributed by atoms with Crippen LogP contribution in [0.5, 0.6) is 0 Å². The fourth-order valence-corrected chi connectivity index (χ4v) is 0.433. The van der Waals surface area contributed by atoms with Gasteiger partial charge in [0, 0.05) is 6.04 Å². The molecule has 1 N–H and O–H groups in total. The van der Waals surface area contributed by atoms with Gasteiger partial charge in [0.25, 0.3) is 0 Å². The summed E-state index contributed by atoms with van der Waals surface area (Å²) in [5, 5.41) is 3.30. The zero-order valence-corrected chi connectivity index (χ0v) is 7.49. The Labute approximate surface area is 59.8 Å². The lowest BCUT2D eigenvalue weighted by Gasteiger charge is -2.03.